The van der Waals surface area contributed by atoms with E-state index in [9.17, 15) is 19.2 Å². The van der Waals surface area contributed by atoms with Crippen molar-refractivity contribution < 1.29 is 46.6 Å². The number of amides is 5. The molecule has 2 aromatic heterocycles. The van der Waals surface area contributed by atoms with E-state index in [-0.39, 0.29) is 49.4 Å². The maximum atomic E-state index is 15.2. The first-order valence-corrected chi connectivity index (χ1v) is 29.2. The molecule has 439 valence electrons. The molecular weight excluding hydrogens is 1060 g/mol. The van der Waals surface area contributed by atoms with Crippen molar-refractivity contribution in [3.8, 4) is 11.3 Å². The molecule has 4 fully saturated rings. The molecule has 2 N–H and O–H groups in total. The molecule has 6 aliphatic rings. The summed E-state index contributed by atoms with van der Waals surface area (Å²) >= 11 is 0. The number of hydrazine groups is 1. The number of piperidine rings is 1. The average molecular weight is 1140 g/mol. The van der Waals surface area contributed by atoms with Crippen molar-refractivity contribution in [2.75, 3.05) is 111 Å². The monoisotopic (exact) mass is 1140 g/mol. The molecule has 5 atom stereocenters. The first-order valence-electron chi connectivity index (χ1n) is 28.7. The van der Waals surface area contributed by atoms with Gasteiger partial charge < -0.3 is 43.9 Å². The Morgan fingerprint density at radius 3 is 2.37 bits per heavy atom. The van der Waals surface area contributed by atoms with Crippen LogP contribution in [0.25, 0.3) is 27.7 Å². The number of anilines is 1. The van der Waals surface area contributed by atoms with Crippen LogP contribution in [0.2, 0.25) is 0 Å². The molecule has 5 amide bonds. The van der Waals surface area contributed by atoms with Crippen molar-refractivity contribution >= 4 is 62.1 Å². The summed E-state index contributed by atoms with van der Waals surface area (Å²) in [7, 11) is 9.10. The molecule has 1 spiro atoms. The minimum atomic E-state index is -4.61. The number of esters is 1. The third kappa shape index (κ3) is 12.9. The molecule has 81 heavy (non-hydrogen) atoms. The van der Waals surface area contributed by atoms with Gasteiger partial charge in [0.1, 0.15) is 23.8 Å². The first kappa shape index (κ1) is 59.8. The number of halogens is 3. The molecule has 9 rings (SSSR count). The second kappa shape index (κ2) is 23.8. The number of cyclic esters (lactones) is 1. The Labute approximate surface area is 477 Å². The number of pyridine rings is 1. The van der Waals surface area contributed by atoms with Crippen molar-refractivity contribution in [2.24, 2.45) is 16.7 Å². The number of rotatable bonds is 10. The molecule has 3 radical (unpaired) electrons. The Bertz CT molecular complexity index is 2910. The number of likely N-dealkylation sites (tertiary alicyclic amines) is 2. The van der Waals surface area contributed by atoms with Gasteiger partial charge in [-0.25, -0.2) is 10.2 Å². The normalized spacial score (nSPS) is 24.6. The molecule has 1 aromatic carbocycles. The van der Waals surface area contributed by atoms with Crippen molar-refractivity contribution in [2.45, 2.75) is 116 Å². The number of likely N-dealkylation sites (N-methyl/N-ethyl adjacent to an activating group) is 2. The highest BCUT2D eigenvalue weighted by Gasteiger charge is 2.47. The largest absolute Gasteiger partial charge is 0.464 e. The van der Waals surface area contributed by atoms with Crippen LogP contribution in [0.1, 0.15) is 96.1 Å². The summed E-state index contributed by atoms with van der Waals surface area (Å²) in [5.41, 5.74) is 7.09. The second-order valence-corrected chi connectivity index (χ2v) is 25.5. The Morgan fingerprint density at radius 1 is 1.00 bits per heavy atom. The molecule has 18 nitrogen and oxygen atoms in total. The maximum Gasteiger partial charge on any atom is 0.406 e. The highest BCUT2D eigenvalue weighted by Crippen LogP contribution is 2.45. The molecule has 1 unspecified atom stereocenters. The van der Waals surface area contributed by atoms with Crippen LogP contribution in [-0.2, 0) is 41.6 Å². The standard InChI is InChI=1S/C59H81F3N11O7Si/c1-10-48(74)71-24-19-57(34-71)17-22-70(23-18-57)55(78)67(8)50(38(2)3)52(75)64-58(81)35-68-20-11-13-41(33-68)40-15-16-47-43(29-40)45(31-56(5,6)37-80-53(76)46-14-12-21-73(65-46)54(58)77)51(72(47)36-59(60,61)62)44-30-42(32-63-49(44)39(4)79-9)69-27-25-66(7)26-28-69/h10,13,15-16,29-30,32,38-39,46,50,65H,1,11-12,14,17-28,31,33-37H2,2-9H3,(H,64,75)/t39-,46-,50-,58+/m0/s1. The van der Waals surface area contributed by atoms with E-state index in [0.29, 0.717) is 118 Å². The minimum absolute atomic E-state index is 0.0357. The summed E-state index contributed by atoms with van der Waals surface area (Å²) in [5, 5.41) is 3.26. The maximum absolute atomic E-state index is 15.2. The highest BCUT2D eigenvalue weighted by atomic mass is 28.1. The number of urea groups is 1. The Morgan fingerprint density at radius 2 is 1.70 bits per heavy atom. The first-order chi connectivity index (χ1) is 38.3. The van der Waals surface area contributed by atoms with Gasteiger partial charge >= 0.3 is 18.2 Å². The van der Waals surface area contributed by atoms with E-state index < -0.39 is 59.3 Å². The van der Waals surface area contributed by atoms with Crippen molar-refractivity contribution in [3.63, 3.8) is 0 Å². The van der Waals surface area contributed by atoms with E-state index in [2.05, 4.69) is 55.4 Å². The van der Waals surface area contributed by atoms with Crippen LogP contribution in [0.4, 0.5) is 23.7 Å². The quantitative estimate of drug-likeness (QED) is 0.139. The van der Waals surface area contributed by atoms with Crippen LogP contribution in [0.15, 0.2) is 49.2 Å². The summed E-state index contributed by atoms with van der Waals surface area (Å²) < 4.78 is 58.9. The summed E-state index contributed by atoms with van der Waals surface area (Å²) in [6.45, 7) is 17.9. The third-order valence-electron chi connectivity index (χ3n) is 17.6. The average Bonchev–Trinajstić information content (AvgIpc) is 3.17. The number of ether oxygens (including phenoxy) is 2. The molecule has 6 bridgehead atoms. The fourth-order valence-electron chi connectivity index (χ4n) is 13.0. The number of carbonyl (C=O) groups is 5. The number of fused-ring (bicyclic) bond motifs is 6. The summed E-state index contributed by atoms with van der Waals surface area (Å²) in [4.78, 5) is 87.7. The number of alkyl halides is 3. The number of nitrogens with one attached hydrogen (secondary N) is 2. The second-order valence-electron chi connectivity index (χ2n) is 24.7. The number of hydrogen-bond acceptors (Lipinski definition) is 12. The van der Waals surface area contributed by atoms with E-state index in [1.54, 1.807) is 31.3 Å². The molecule has 4 saturated heterocycles. The lowest BCUT2D eigenvalue weighted by Crippen LogP contribution is -2.71. The predicted octanol–water partition coefficient (Wildman–Crippen LogP) is 5.99. The number of carbonyl (C=O) groups excluding carboxylic acids is 5. The summed E-state index contributed by atoms with van der Waals surface area (Å²) in [5.74, 6) is -2.17. The van der Waals surface area contributed by atoms with Crippen molar-refractivity contribution in [1.29, 1.82) is 0 Å². The third-order valence-corrected chi connectivity index (χ3v) is 18.1. The molecule has 6 aliphatic heterocycles. The van der Waals surface area contributed by atoms with Gasteiger partial charge in [0.2, 0.25) is 11.8 Å². The topological polar surface area (TPSA) is 168 Å². The Balaban J connectivity index is 1.07. The molecular formula is C59H81F3N11O7Si. The van der Waals surface area contributed by atoms with Gasteiger partial charge in [0, 0.05) is 115 Å². The van der Waals surface area contributed by atoms with Gasteiger partial charge in [-0.2, -0.15) is 13.2 Å². The fraction of sp³-hybridized carbons (Fsp3) is 0.627. The van der Waals surface area contributed by atoms with Crippen LogP contribution in [0.5, 0.6) is 0 Å². The number of benzene rings is 1. The summed E-state index contributed by atoms with van der Waals surface area (Å²) in [6.07, 6.45) is 3.88. The van der Waals surface area contributed by atoms with E-state index in [1.165, 1.54) is 20.6 Å². The zero-order valence-corrected chi connectivity index (χ0v) is 49.4. The van der Waals surface area contributed by atoms with Crippen molar-refractivity contribution in [3.05, 3.63) is 66.0 Å². The lowest BCUT2D eigenvalue weighted by Gasteiger charge is -2.44. The number of aromatic nitrogens is 2. The Hall–Kier alpha value is -5.81. The van der Waals surface area contributed by atoms with Crippen LogP contribution >= 0.6 is 0 Å². The van der Waals surface area contributed by atoms with Crippen LogP contribution < -0.4 is 15.6 Å². The fourth-order valence-corrected chi connectivity index (χ4v) is 13.5. The highest BCUT2D eigenvalue weighted by molar-refractivity contribution is 6.30. The molecule has 3 aromatic rings. The lowest BCUT2D eigenvalue weighted by molar-refractivity contribution is -0.156. The molecule has 0 saturated carbocycles. The number of nitrogens with zero attached hydrogens (tertiary/aromatic N) is 9. The Kier molecular flexibility index (Phi) is 17.6. The van der Waals surface area contributed by atoms with Gasteiger partial charge in [-0.1, -0.05) is 46.4 Å². The van der Waals surface area contributed by atoms with E-state index in [4.69, 9.17) is 14.5 Å². The zero-order chi connectivity index (χ0) is 58.3. The van der Waals surface area contributed by atoms with Gasteiger partial charge in [-0.05, 0) is 111 Å². The number of hydrogen-bond donors (Lipinski definition) is 2. The zero-order valence-electron chi connectivity index (χ0n) is 48.4. The van der Waals surface area contributed by atoms with E-state index in [1.807, 2.05) is 57.7 Å². The van der Waals surface area contributed by atoms with E-state index in [0.717, 1.165) is 36.3 Å². The number of methoxy groups -OCH3 is 1. The van der Waals surface area contributed by atoms with E-state index >= 15 is 18.0 Å². The SMILES string of the molecule is C=CC(=O)N1CCC2(CCN(C(=O)N(C)[C@H](C(=O)N[C@@]3([Si])CN4CCC=C(C4)c4ccc5c(c4)c(c(-c4cc(N6CCN(C)CC6)cnc4[C@H](C)OC)n5CC(F)(F)F)CC(C)(C)COC(=O)[C@@H]4CCCN(N4)C3=O)C(C)C)CC2)C1. The van der Waals surface area contributed by atoms with Crippen LogP contribution in [-0.4, -0.2) is 209 Å². The minimum Gasteiger partial charge on any atom is -0.464 e. The van der Waals surface area contributed by atoms with Crippen LogP contribution in [0.3, 0.4) is 0 Å². The summed E-state index contributed by atoms with van der Waals surface area (Å²) in [6, 6.07) is 5.27. The smallest absolute Gasteiger partial charge is 0.406 e. The lowest BCUT2D eigenvalue weighted by atomic mass is 9.78. The van der Waals surface area contributed by atoms with Crippen molar-refractivity contribution in [1.82, 2.24) is 49.8 Å². The van der Waals surface area contributed by atoms with Gasteiger partial charge in [-0.15, -0.1) is 0 Å². The molecule has 22 heteroatoms. The van der Waals surface area contributed by atoms with Gasteiger partial charge in [0.15, 0.2) is 0 Å². The molecule has 0 aliphatic carbocycles. The molecule has 8 heterocycles. The van der Waals surface area contributed by atoms with Gasteiger partial charge in [-0.3, -0.25) is 34.1 Å². The van der Waals surface area contributed by atoms with Crippen LogP contribution in [0, 0.1) is 16.7 Å². The van der Waals surface area contributed by atoms with Gasteiger partial charge in [0.25, 0.3) is 5.91 Å². The van der Waals surface area contributed by atoms with Gasteiger partial charge in [0.05, 0.1) is 46.2 Å². The predicted molar refractivity (Wildman–Crippen MR) is 305 cm³/mol. The number of piperazine rings is 1.